The van der Waals surface area contributed by atoms with Gasteiger partial charge in [-0.25, -0.2) is 14.4 Å². The fourth-order valence-corrected chi connectivity index (χ4v) is 1.93. The standard InChI is InChI=1S/C19H26N2O6/c1-13(20-17(23)26-12-14-9-7-6-8-10-14)11-15(16(22)25-5)21-18(24)27-19(2,3)4/h6-11,13H,12H2,1-5H3,(H,20,23)(H,21,24)/b15-11-. The predicted molar refractivity (Wildman–Crippen MR) is 98.7 cm³/mol. The molecule has 1 unspecified atom stereocenters. The predicted octanol–water partition coefficient (Wildman–Crippen LogP) is 2.88. The number of nitrogens with one attached hydrogen (secondary N) is 2. The van der Waals surface area contributed by atoms with E-state index >= 15 is 0 Å². The normalized spacial score (nSPS) is 12.6. The largest absolute Gasteiger partial charge is 0.464 e. The third kappa shape index (κ3) is 9.29. The lowest BCUT2D eigenvalue weighted by Crippen LogP contribution is -2.37. The summed E-state index contributed by atoms with van der Waals surface area (Å²) in [5.74, 6) is -0.771. The average molecular weight is 378 g/mol. The molecule has 0 saturated carbocycles. The van der Waals surface area contributed by atoms with E-state index in [0.717, 1.165) is 5.56 Å². The summed E-state index contributed by atoms with van der Waals surface area (Å²) in [4.78, 5) is 35.6. The molecule has 0 fully saturated rings. The monoisotopic (exact) mass is 378 g/mol. The van der Waals surface area contributed by atoms with Gasteiger partial charge in [-0.1, -0.05) is 30.3 Å². The minimum absolute atomic E-state index is 0.114. The Hall–Kier alpha value is -3.03. The number of benzene rings is 1. The fourth-order valence-electron chi connectivity index (χ4n) is 1.93. The van der Waals surface area contributed by atoms with Crippen molar-refractivity contribution in [2.45, 2.75) is 45.9 Å². The second-order valence-electron chi connectivity index (χ2n) is 6.69. The molecule has 0 aliphatic carbocycles. The third-order valence-corrected chi connectivity index (χ3v) is 3.02. The molecular weight excluding hydrogens is 352 g/mol. The molecule has 1 rings (SSSR count). The number of methoxy groups -OCH3 is 1. The molecule has 0 heterocycles. The van der Waals surface area contributed by atoms with Crippen LogP contribution in [0.4, 0.5) is 9.59 Å². The molecule has 0 aliphatic rings. The van der Waals surface area contributed by atoms with Gasteiger partial charge in [-0.3, -0.25) is 5.32 Å². The Morgan fingerprint density at radius 2 is 1.74 bits per heavy atom. The topological polar surface area (TPSA) is 103 Å². The summed E-state index contributed by atoms with van der Waals surface area (Å²) in [5.41, 5.74) is -0.0311. The van der Waals surface area contributed by atoms with Gasteiger partial charge in [-0.15, -0.1) is 0 Å². The molecule has 8 heteroatoms. The van der Waals surface area contributed by atoms with Gasteiger partial charge >= 0.3 is 18.2 Å². The molecule has 27 heavy (non-hydrogen) atoms. The van der Waals surface area contributed by atoms with E-state index in [9.17, 15) is 14.4 Å². The number of esters is 1. The number of rotatable bonds is 6. The van der Waals surface area contributed by atoms with Crippen LogP contribution >= 0.6 is 0 Å². The van der Waals surface area contributed by atoms with E-state index in [2.05, 4.69) is 15.4 Å². The van der Waals surface area contributed by atoms with E-state index < -0.39 is 29.8 Å². The number of carbonyl (C=O) groups is 3. The first kappa shape index (κ1) is 22.0. The summed E-state index contributed by atoms with van der Waals surface area (Å²) in [6, 6.07) is 8.59. The molecule has 148 valence electrons. The molecule has 1 aromatic carbocycles. The van der Waals surface area contributed by atoms with E-state index in [1.807, 2.05) is 30.3 Å². The zero-order valence-electron chi connectivity index (χ0n) is 16.2. The maximum Gasteiger partial charge on any atom is 0.412 e. The fraction of sp³-hybridized carbons (Fsp3) is 0.421. The quantitative estimate of drug-likeness (QED) is 0.448. The molecule has 2 N–H and O–H groups in total. The highest BCUT2D eigenvalue weighted by atomic mass is 16.6. The van der Waals surface area contributed by atoms with Gasteiger partial charge in [0.05, 0.1) is 13.2 Å². The smallest absolute Gasteiger partial charge is 0.412 e. The minimum Gasteiger partial charge on any atom is -0.464 e. The summed E-state index contributed by atoms with van der Waals surface area (Å²) in [7, 11) is 1.18. The molecular formula is C19H26N2O6. The Kier molecular flexibility index (Phi) is 8.32. The third-order valence-electron chi connectivity index (χ3n) is 3.02. The molecule has 1 aromatic rings. The van der Waals surface area contributed by atoms with Crippen molar-refractivity contribution < 1.29 is 28.6 Å². The Labute approximate surface area is 158 Å². The van der Waals surface area contributed by atoms with Crippen LogP contribution in [-0.2, 0) is 25.6 Å². The van der Waals surface area contributed by atoms with Gasteiger partial charge < -0.3 is 19.5 Å². The van der Waals surface area contributed by atoms with Gasteiger partial charge in [0.2, 0.25) is 0 Å². The molecule has 0 radical (unpaired) electrons. The van der Waals surface area contributed by atoms with Gasteiger partial charge in [0, 0.05) is 0 Å². The van der Waals surface area contributed by atoms with Crippen molar-refractivity contribution in [1.82, 2.24) is 10.6 Å². The summed E-state index contributed by atoms with van der Waals surface area (Å²) < 4.78 is 14.8. The van der Waals surface area contributed by atoms with Gasteiger partial charge in [-0.05, 0) is 39.3 Å². The summed E-state index contributed by atoms with van der Waals surface area (Å²) in [5, 5.41) is 4.86. The summed E-state index contributed by atoms with van der Waals surface area (Å²) >= 11 is 0. The van der Waals surface area contributed by atoms with Gasteiger partial charge in [0.15, 0.2) is 0 Å². The van der Waals surface area contributed by atoms with Crippen LogP contribution in [0.1, 0.15) is 33.3 Å². The van der Waals surface area contributed by atoms with E-state index in [4.69, 9.17) is 9.47 Å². The number of hydrogen-bond acceptors (Lipinski definition) is 6. The molecule has 8 nitrogen and oxygen atoms in total. The first-order valence-electron chi connectivity index (χ1n) is 8.38. The van der Waals surface area contributed by atoms with Gasteiger partial charge in [0.25, 0.3) is 0 Å². The van der Waals surface area contributed by atoms with Crippen LogP contribution in [0.2, 0.25) is 0 Å². The minimum atomic E-state index is -0.807. The summed E-state index contributed by atoms with van der Waals surface area (Å²) in [6.45, 7) is 6.82. The van der Waals surface area contributed by atoms with Crippen LogP contribution < -0.4 is 10.6 Å². The molecule has 0 aromatic heterocycles. The Morgan fingerprint density at radius 3 is 2.30 bits per heavy atom. The lowest BCUT2D eigenvalue weighted by atomic mass is 10.2. The van der Waals surface area contributed by atoms with Crippen LogP contribution in [0, 0.1) is 0 Å². The molecule has 0 bridgehead atoms. The van der Waals surface area contributed by atoms with Crippen molar-refractivity contribution in [2.75, 3.05) is 7.11 Å². The second-order valence-corrected chi connectivity index (χ2v) is 6.69. The number of ether oxygens (including phenoxy) is 3. The second kappa shape index (κ2) is 10.2. The lowest BCUT2D eigenvalue weighted by Gasteiger charge is -2.20. The number of hydrogen-bond donors (Lipinski definition) is 2. The van der Waals surface area contributed by atoms with Crippen LogP contribution in [-0.4, -0.2) is 36.9 Å². The SMILES string of the molecule is COC(=O)/C(=C/C(C)NC(=O)OCc1ccccc1)NC(=O)OC(C)(C)C. The van der Waals surface area contributed by atoms with Gasteiger partial charge in [0.1, 0.15) is 17.9 Å². The van der Waals surface area contributed by atoms with Crippen molar-refractivity contribution in [3.8, 4) is 0 Å². The maximum absolute atomic E-state index is 11.9. The van der Waals surface area contributed by atoms with Crippen LogP contribution in [0.3, 0.4) is 0 Å². The molecule has 0 saturated heterocycles. The van der Waals surface area contributed by atoms with E-state index in [1.54, 1.807) is 27.7 Å². The number of alkyl carbamates (subject to hydrolysis) is 2. The van der Waals surface area contributed by atoms with Crippen molar-refractivity contribution in [2.24, 2.45) is 0 Å². The first-order valence-corrected chi connectivity index (χ1v) is 8.38. The van der Waals surface area contributed by atoms with Crippen molar-refractivity contribution >= 4 is 18.2 Å². The Balaban J connectivity index is 2.65. The van der Waals surface area contributed by atoms with Crippen molar-refractivity contribution in [3.63, 3.8) is 0 Å². The molecule has 2 amide bonds. The van der Waals surface area contributed by atoms with Crippen LogP contribution in [0.25, 0.3) is 0 Å². The lowest BCUT2D eigenvalue weighted by molar-refractivity contribution is -0.136. The zero-order valence-corrected chi connectivity index (χ0v) is 16.2. The highest BCUT2D eigenvalue weighted by Gasteiger charge is 2.21. The first-order chi connectivity index (χ1) is 12.6. The summed E-state index contributed by atoms with van der Waals surface area (Å²) in [6.07, 6.45) is -0.137. The number of carbonyl (C=O) groups excluding carboxylic acids is 3. The number of amides is 2. The Morgan fingerprint density at radius 1 is 1.11 bits per heavy atom. The van der Waals surface area contributed by atoms with E-state index in [0.29, 0.717) is 0 Å². The average Bonchev–Trinajstić information content (AvgIpc) is 2.57. The van der Waals surface area contributed by atoms with E-state index in [-0.39, 0.29) is 12.3 Å². The molecule has 1 atom stereocenters. The van der Waals surface area contributed by atoms with Crippen molar-refractivity contribution in [1.29, 1.82) is 0 Å². The highest BCUT2D eigenvalue weighted by Crippen LogP contribution is 2.08. The van der Waals surface area contributed by atoms with Crippen LogP contribution in [0.5, 0.6) is 0 Å². The molecule has 0 spiro atoms. The van der Waals surface area contributed by atoms with E-state index in [1.165, 1.54) is 13.2 Å². The maximum atomic E-state index is 11.9. The molecule has 0 aliphatic heterocycles. The van der Waals surface area contributed by atoms with Crippen LogP contribution in [0.15, 0.2) is 42.1 Å². The highest BCUT2D eigenvalue weighted by molar-refractivity contribution is 5.92. The zero-order chi connectivity index (χ0) is 20.4. The van der Waals surface area contributed by atoms with Gasteiger partial charge in [-0.2, -0.15) is 0 Å². The van der Waals surface area contributed by atoms with Crippen molar-refractivity contribution in [3.05, 3.63) is 47.7 Å². The Bertz CT molecular complexity index is 679.